The summed E-state index contributed by atoms with van der Waals surface area (Å²) in [6.45, 7) is 6.25. The van der Waals surface area contributed by atoms with Crippen LogP contribution in [0.25, 0.3) is 11.0 Å². The first-order valence-corrected chi connectivity index (χ1v) is 12.5. The molecule has 0 saturated heterocycles. The van der Waals surface area contributed by atoms with Gasteiger partial charge in [-0.25, -0.2) is 4.98 Å². The van der Waals surface area contributed by atoms with E-state index in [2.05, 4.69) is 4.98 Å². The Balaban J connectivity index is 1.51. The number of hydrogen-bond acceptors (Lipinski definition) is 5. The molecule has 0 saturated carbocycles. The van der Waals surface area contributed by atoms with Crippen molar-refractivity contribution < 1.29 is 13.9 Å². The Labute approximate surface area is 220 Å². The van der Waals surface area contributed by atoms with Crippen LogP contribution in [0.3, 0.4) is 0 Å². The van der Waals surface area contributed by atoms with Crippen molar-refractivity contribution >= 4 is 22.7 Å². The lowest BCUT2D eigenvalue weighted by Gasteiger charge is -2.24. The van der Waals surface area contributed by atoms with E-state index in [1.54, 1.807) is 17.2 Å². The average molecular weight is 503 g/mol. The lowest BCUT2D eigenvalue weighted by Crippen LogP contribution is -2.30. The molecule has 2 aromatic heterocycles. The van der Waals surface area contributed by atoms with Gasteiger partial charge in [0, 0.05) is 6.20 Å². The van der Waals surface area contributed by atoms with Gasteiger partial charge in [-0.1, -0.05) is 48.5 Å². The second-order valence-electron chi connectivity index (χ2n) is 9.72. The van der Waals surface area contributed by atoms with Crippen molar-refractivity contribution in [1.29, 1.82) is 0 Å². The smallest absolute Gasteiger partial charge is 0.296 e. The van der Waals surface area contributed by atoms with Gasteiger partial charge >= 0.3 is 0 Å². The summed E-state index contributed by atoms with van der Waals surface area (Å²) in [4.78, 5) is 33.9. The SMILES string of the molecule is Cc1ccc(N2C(=O)c3oc4cc(C)c(C)cc4c(=O)c3C2c2cccc(OCc3ccccc3)c2)nc1. The molecular weight excluding hydrogens is 476 g/mol. The van der Waals surface area contributed by atoms with Gasteiger partial charge in [0.25, 0.3) is 5.91 Å². The number of carbonyl (C=O) groups is 1. The minimum absolute atomic E-state index is 0.0498. The summed E-state index contributed by atoms with van der Waals surface area (Å²) >= 11 is 0. The van der Waals surface area contributed by atoms with Crippen LogP contribution in [0.2, 0.25) is 0 Å². The maximum Gasteiger partial charge on any atom is 0.296 e. The van der Waals surface area contributed by atoms with E-state index in [4.69, 9.17) is 9.15 Å². The van der Waals surface area contributed by atoms with Crippen LogP contribution < -0.4 is 15.1 Å². The number of aromatic nitrogens is 1. The molecule has 188 valence electrons. The molecule has 0 N–H and O–H groups in total. The minimum Gasteiger partial charge on any atom is -0.489 e. The van der Waals surface area contributed by atoms with Crippen molar-refractivity contribution in [2.45, 2.75) is 33.4 Å². The molecule has 0 fully saturated rings. The average Bonchev–Trinajstić information content (AvgIpc) is 3.22. The van der Waals surface area contributed by atoms with Crippen molar-refractivity contribution in [3.63, 3.8) is 0 Å². The Kier molecular flexibility index (Phi) is 5.80. The number of carbonyl (C=O) groups excluding carboxylic acids is 1. The van der Waals surface area contributed by atoms with Gasteiger partial charge in [-0.15, -0.1) is 0 Å². The van der Waals surface area contributed by atoms with Gasteiger partial charge in [-0.3, -0.25) is 14.5 Å². The van der Waals surface area contributed by atoms with Gasteiger partial charge in [0.2, 0.25) is 5.76 Å². The minimum atomic E-state index is -0.713. The molecule has 0 aliphatic carbocycles. The first kappa shape index (κ1) is 23.7. The summed E-state index contributed by atoms with van der Waals surface area (Å²) in [5.41, 5.74) is 5.23. The zero-order valence-corrected chi connectivity index (χ0v) is 21.4. The molecule has 1 aliphatic rings. The Morgan fingerprint density at radius 3 is 2.45 bits per heavy atom. The molecule has 38 heavy (non-hydrogen) atoms. The molecule has 5 aromatic rings. The number of benzene rings is 3. The van der Waals surface area contributed by atoms with E-state index in [0.29, 0.717) is 34.7 Å². The van der Waals surface area contributed by atoms with E-state index in [-0.39, 0.29) is 11.2 Å². The van der Waals surface area contributed by atoms with Crippen molar-refractivity contribution in [2.24, 2.45) is 0 Å². The Hall–Kier alpha value is -4.71. The predicted molar refractivity (Wildman–Crippen MR) is 147 cm³/mol. The summed E-state index contributed by atoms with van der Waals surface area (Å²) in [6, 6.07) is 24.0. The normalized spacial score (nSPS) is 14.7. The van der Waals surface area contributed by atoms with Crippen molar-refractivity contribution in [3.05, 3.63) is 134 Å². The number of fused-ring (bicyclic) bond motifs is 2. The first-order chi connectivity index (χ1) is 18.4. The summed E-state index contributed by atoms with van der Waals surface area (Å²) in [7, 11) is 0. The number of ether oxygens (including phenoxy) is 1. The van der Waals surface area contributed by atoms with E-state index >= 15 is 0 Å². The maximum absolute atomic E-state index is 13.9. The highest BCUT2D eigenvalue weighted by atomic mass is 16.5. The van der Waals surface area contributed by atoms with E-state index in [0.717, 1.165) is 27.8 Å². The van der Waals surface area contributed by atoms with Crippen LogP contribution in [0.5, 0.6) is 5.75 Å². The number of hydrogen-bond donors (Lipinski definition) is 0. The topological polar surface area (TPSA) is 72.6 Å². The molecule has 3 heterocycles. The van der Waals surface area contributed by atoms with Gasteiger partial charge < -0.3 is 9.15 Å². The molecule has 1 unspecified atom stereocenters. The van der Waals surface area contributed by atoms with Crippen LogP contribution in [0.15, 0.2) is 94.3 Å². The van der Waals surface area contributed by atoms with Gasteiger partial charge in [-0.05, 0) is 78.9 Å². The fourth-order valence-corrected chi connectivity index (χ4v) is 4.90. The van der Waals surface area contributed by atoms with Crippen LogP contribution in [0.1, 0.15) is 50.0 Å². The van der Waals surface area contributed by atoms with Crippen molar-refractivity contribution in [2.75, 3.05) is 4.90 Å². The van der Waals surface area contributed by atoms with E-state index in [1.807, 2.05) is 93.6 Å². The van der Waals surface area contributed by atoms with Gasteiger partial charge in [0.15, 0.2) is 5.43 Å². The fraction of sp³-hybridized carbons (Fsp3) is 0.156. The first-order valence-electron chi connectivity index (χ1n) is 12.5. The zero-order valence-electron chi connectivity index (χ0n) is 21.4. The van der Waals surface area contributed by atoms with Crippen molar-refractivity contribution in [1.82, 2.24) is 4.98 Å². The molecule has 0 spiro atoms. The molecule has 1 amide bonds. The largest absolute Gasteiger partial charge is 0.489 e. The third-order valence-electron chi connectivity index (χ3n) is 7.05. The monoisotopic (exact) mass is 502 g/mol. The highest BCUT2D eigenvalue weighted by Crippen LogP contribution is 2.41. The molecule has 6 rings (SSSR count). The van der Waals surface area contributed by atoms with Crippen LogP contribution in [0.4, 0.5) is 5.82 Å². The van der Waals surface area contributed by atoms with E-state index in [1.165, 1.54) is 0 Å². The van der Waals surface area contributed by atoms with Crippen LogP contribution in [-0.2, 0) is 6.61 Å². The zero-order chi connectivity index (χ0) is 26.4. The molecular formula is C32H26N2O4. The number of anilines is 1. The number of amides is 1. The molecule has 6 heteroatoms. The molecule has 1 aliphatic heterocycles. The Morgan fingerprint density at radius 2 is 1.68 bits per heavy atom. The third kappa shape index (κ3) is 4.04. The van der Waals surface area contributed by atoms with Crippen LogP contribution >= 0.6 is 0 Å². The van der Waals surface area contributed by atoms with E-state index in [9.17, 15) is 9.59 Å². The van der Waals surface area contributed by atoms with E-state index < -0.39 is 11.9 Å². The van der Waals surface area contributed by atoms with Crippen LogP contribution in [-0.4, -0.2) is 10.9 Å². The highest BCUT2D eigenvalue weighted by molar-refractivity contribution is 6.10. The quantitative estimate of drug-likeness (QED) is 0.276. The lowest BCUT2D eigenvalue weighted by atomic mass is 9.97. The second kappa shape index (κ2) is 9.30. The molecule has 1 atom stereocenters. The Morgan fingerprint density at radius 1 is 0.895 bits per heavy atom. The van der Waals surface area contributed by atoms with Crippen molar-refractivity contribution in [3.8, 4) is 5.75 Å². The fourth-order valence-electron chi connectivity index (χ4n) is 4.90. The molecule has 0 radical (unpaired) electrons. The number of rotatable bonds is 5. The number of pyridine rings is 1. The van der Waals surface area contributed by atoms with Gasteiger partial charge in [0.1, 0.15) is 23.8 Å². The summed E-state index contributed by atoms with van der Waals surface area (Å²) in [5, 5.41) is 0.458. The molecule has 3 aromatic carbocycles. The summed E-state index contributed by atoms with van der Waals surface area (Å²) in [5.74, 6) is 0.743. The second-order valence-corrected chi connectivity index (χ2v) is 9.72. The third-order valence-corrected chi connectivity index (χ3v) is 7.05. The highest BCUT2D eigenvalue weighted by Gasteiger charge is 2.44. The number of aryl methyl sites for hydroxylation is 3. The lowest BCUT2D eigenvalue weighted by molar-refractivity contribution is 0.0970. The predicted octanol–water partition coefficient (Wildman–Crippen LogP) is 6.44. The van der Waals surface area contributed by atoms with Gasteiger partial charge in [-0.2, -0.15) is 0 Å². The maximum atomic E-state index is 13.9. The number of nitrogens with zero attached hydrogens (tertiary/aromatic N) is 2. The Bertz CT molecular complexity index is 1740. The van der Waals surface area contributed by atoms with Gasteiger partial charge in [0.05, 0.1) is 17.0 Å². The summed E-state index contributed by atoms with van der Waals surface area (Å²) in [6.07, 6.45) is 1.71. The summed E-state index contributed by atoms with van der Waals surface area (Å²) < 4.78 is 12.2. The standard InChI is InChI=1S/C32H26N2O4/c1-19-12-13-27(33-17-19)34-29(23-10-7-11-24(16-23)37-18-22-8-5-4-6-9-22)28-30(35)25-14-20(2)21(3)15-26(25)38-31(28)32(34)36/h4-17,29H,18H2,1-3H3. The molecule has 6 nitrogen and oxygen atoms in total. The van der Waals surface area contributed by atoms with Crippen LogP contribution in [0, 0.1) is 20.8 Å². The molecule has 0 bridgehead atoms.